The molecule has 0 saturated carbocycles. The second-order valence-corrected chi connectivity index (χ2v) is 7.69. The summed E-state index contributed by atoms with van der Waals surface area (Å²) in [6, 6.07) is 19.0. The molecule has 4 aromatic rings. The molecule has 0 radical (unpaired) electrons. The van der Waals surface area contributed by atoms with Crippen LogP contribution < -0.4 is 0 Å². The maximum atomic E-state index is 5.19. The van der Waals surface area contributed by atoms with Gasteiger partial charge in [0.25, 0.3) is 0 Å². The first-order valence-corrected chi connectivity index (χ1v) is 10.5. The van der Waals surface area contributed by atoms with Gasteiger partial charge >= 0.3 is 0 Å². The van der Waals surface area contributed by atoms with Crippen LogP contribution in [0, 0.1) is 5.92 Å². The van der Waals surface area contributed by atoms with Gasteiger partial charge in [-0.2, -0.15) is 0 Å². The Labute approximate surface area is 172 Å². The second kappa shape index (κ2) is 8.12. The van der Waals surface area contributed by atoms with Crippen molar-refractivity contribution < 1.29 is 0 Å². The predicted molar refractivity (Wildman–Crippen MR) is 123 cm³/mol. The van der Waals surface area contributed by atoms with Gasteiger partial charge in [-0.3, -0.25) is 9.98 Å². The highest BCUT2D eigenvalue weighted by Crippen LogP contribution is 2.29. The maximum Gasteiger partial charge on any atom is 0.0972 e. The molecule has 29 heavy (non-hydrogen) atoms. The molecule has 0 amide bonds. The Morgan fingerprint density at radius 3 is 2.14 bits per heavy atom. The molecular weight excluding hydrogens is 354 g/mol. The molecule has 2 aromatic carbocycles. The van der Waals surface area contributed by atoms with Gasteiger partial charge in [-0.15, -0.1) is 0 Å². The molecular formula is C26H27N3. The number of aromatic nitrogens is 2. The van der Waals surface area contributed by atoms with Gasteiger partial charge in [0.2, 0.25) is 0 Å². The average molecular weight is 382 g/mol. The monoisotopic (exact) mass is 381 g/mol. The minimum Gasteiger partial charge on any atom is -0.254 e. The van der Waals surface area contributed by atoms with Gasteiger partial charge in [-0.25, -0.2) is 4.98 Å². The number of fused-ring (bicyclic) bond motifs is 3. The Hall–Kier alpha value is -3.07. The van der Waals surface area contributed by atoms with Crippen LogP contribution in [-0.2, 0) is 12.8 Å². The van der Waals surface area contributed by atoms with Gasteiger partial charge in [0.15, 0.2) is 0 Å². The van der Waals surface area contributed by atoms with E-state index in [1.807, 2.05) is 12.3 Å². The van der Waals surface area contributed by atoms with E-state index < -0.39 is 0 Å². The van der Waals surface area contributed by atoms with E-state index in [2.05, 4.69) is 81.2 Å². The molecule has 3 heteroatoms. The van der Waals surface area contributed by atoms with E-state index in [4.69, 9.17) is 9.98 Å². The molecule has 3 nitrogen and oxygen atoms in total. The summed E-state index contributed by atoms with van der Waals surface area (Å²) in [5.41, 5.74) is 7.52. The molecule has 0 aliphatic rings. The molecule has 0 aliphatic carbocycles. The predicted octanol–water partition coefficient (Wildman–Crippen LogP) is 6.68. The number of para-hydroxylation sites is 1. The van der Waals surface area contributed by atoms with Crippen molar-refractivity contribution in [1.29, 1.82) is 0 Å². The van der Waals surface area contributed by atoms with Crippen molar-refractivity contribution in [2.75, 3.05) is 0 Å². The summed E-state index contributed by atoms with van der Waals surface area (Å²) in [5.74, 6) is 0.262. The number of aliphatic imine (C=N–C) groups is 1. The molecule has 0 fully saturated rings. The number of benzene rings is 2. The van der Waals surface area contributed by atoms with Crippen LogP contribution in [0.5, 0.6) is 0 Å². The number of rotatable bonds is 5. The van der Waals surface area contributed by atoms with Crippen molar-refractivity contribution in [3.63, 3.8) is 0 Å². The Balaban J connectivity index is 1.94. The zero-order chi connectivity index (χ0) is 20.4. The van der Waals surface area contributed by atoms with E-state index >= 15 is 0 Å². The lowest BCUT2D eigenvalue weighted by atomic mass is 10.00. The number of pyridine rings is 2. The molecule has 146 valence electrons. The van der Waals surface area contributed by atoms with Crippen LogP contribution in [0.15, 0.2) is 65.8 Å². The summed E-state index contributed by atoms with van der Waals surface area (Å²) in [6.45, 7) is 8.75. The van der Waals surface area contributed by atoms with Crippen molar-refractivity contribution in [3.8, 4) is 0 Å². The van der Waals surface area contributed by atoms with Gasteiger partial charge in [0, 0.05) is 17.0 Å². The van der Waals surface area contributed by atoms with Crippen LogP contribution in [0.4, 0.5) is 5.69 Å². The molecule has 0 bridgehead atoms. The molecule has 0 saturated heterocycles. The Bertz CT molecular complexity index is 1180. The average Bonchev–Trinajstić information content (AvgIpc) is 2.76. The number of hydrogen-bond acceptors (Lipinski definition) is 3. The molecule has 2 heterocycles. The maximum absolute atomic E-state index is 5.19. The first-order valence-electron chi connectivity index (χ1n) is 10.5. The van der Waals surface area contributed by atoms with Crippen LogP contribution in [-0.4, -0.2) is 15.7 Å². The lowest BCUT2D eigenvalue weighted by molar-refractivity contribution is 0.879. The first-order chi connectivity index (χ1) is 14.1. The SMILES string of the molecule is CCc1cccc(CC)c1N=C(c1ccc2ccc3cccnc3c2n1)C(C)C. The highest BCUT2D eigenvalue weighted by Gasteiger charge is 2.15. The van der Waals surface area contributed by atoms with E-state index in [0.717, 1.165) is 51.7 Å². The van der Waals surface area contributed by atoms with Gasteiger partial charge in [0.05, 0.1) is 28.1 Å². The zero-order valence-corrected chi connectivity index (χ0v) is 17.6. The van der Waals surface area contributed by atoms with E-state index in [1.165, 1.54) is 11.1 Å². The lowest BCUT2D eigenvalue weighted by Crippen LogP contribution is -2.12. The Kier molecular flexibility index (Phi) is 5.39. The van der Waals surface area contributed by atoms with Crippen LogP contribution in [0.2, 0.25) is 0 Å². The summed E-state index contributed by atoms with van der Waals surface area (Å²) >= 11 is 0. The molecule has 0 atom stereocenters. The molecule has 0 aliphatic heterocycles. The fourth-order valence-electron chi connectivity index (χ4n) is 3.83. The van der Waals surface area contributed by atoms with Crippen molar-refractivity contribution in [1.82, 2.24) is 9.97 Å². The van der Waals surface area contributed by atoms with E-state index in [-0.39, 0.29) is 5.92 Å². The summed E-state index contributed by atoms with van der Waals surface area (Å²) in [7, 11) is 0. The van der Waals surface area contributed by atoms with Crippen molar-refractivity contribution in [2.24, 2.45) is 10.9 Å². The first kappa shape index (κ1) is 19.3. The molecule has 0 N–H and O–H groups in total. The smallest absolute Gasteiger partial charge is 0.0972 e. The normalized spacial score (nSPS) is 12.2. The van der Waals surface area contributed by atoms with Gasteiger partial charge < -0.3 is 0 Å². The quantitative estimate of drug-likeness (QED) is 0.285. The van der Waals surface area contributed by atoms with Crippen LogP contribution in [0.25, 0.3) is 21.8 Å². The number of nitrogens with zero attached hydrogens (tertiary/aromatic N) is 3. The number of hydrogen-bond donors (Lipinski definition) is 0. The third-order valence-electron chi connectivity index (χ3n) is 5.44. The lowest BCUT2D eigenvalue weighted by Gasteiger charge is -2.15. The Morgan fingerprint density at radius 2 is 1.48 bits per heavy atom. The summed E-state index contributed by atoms with van der Waals surface area (Å²) in [4.78, 5) is 14.8. The van der Waals surface area contributed by atoms with Crippen molar-refractivity contribution >= 4 is 33.2 Å². The van der Waals surface area contributed by atoms with E-state index in [0.29, 0.717) is 0 Å². The molecule has 4 rings (SSSR count). The summed E-state index contributed by atoms with van der Waals surface area (Å²) in [6.07, 6.45) is 3.77. The van der Waals surface area contributed by atoms with Gasteiger partial charge in [0.1, 0.15) is 0 Å². The minimum absolute atomic E-state index is 0.262. The standard InChI is InChI=1S/C26H27N3/c1-5-18-9-7-10-19(6-2)24(18)29-23(17(3)4)22-15-14-21-13-12-20-11-8-16-27-25(20)26(21)28-22/h7-17H,5-6H2,1-4H3. The topological polar surface area (TPSA) is 38.1 Å². The minimum atomic E-state index is 0.262. The van der Waals surface area contributed by atoms with E-state index in [1.54, 1.807) is 0 Å². The second-order valence-electron chi connectivity index (χ2n) is 7.69. The van der Waals surface area contributed by atoms with Gasteiger partial charge in [-0.1, -0.05) is 70.2 Å². The number of aryl methyl sites for hydroxylation is 2. The summed E-state index contributed by atoms with van der Waals surface area (Å²) in [5, 5.41) is 2.21. The molecule has 2 aromatic heterocycles. The van der Waals surface area contributed by atoms with Gasteiger partial charge in [-0.05, 0) is 42.0 Å². The zero-order valence-electron chi connectivity index (χ0n) is 17.6. The molecule has 0 spiro atoms. The van der Waals surface area contributed by atoms with Crippen molar-refractivity contribution in [3.05, 3.63) is 77.6 Å². The van der Waals surface area contributed by atoms with Crippen molar-refractivity contribution in [2.45, 2.75) is 40.5 Å². The third kappa shape index (κ3) is 3.65. The van der Waals surface area contributed by atoms with E-state index in [9.17, 15) is 0 Å². The highest BCUT2D eigenvalue weighted by molar-refractivity contribution is 6.07. The van der Waals surface area contributed by atoms with Crippen LogP contribution >= 0.6 is 0 Å². The van der Waals surface area contributed by atoms with Crippen LogP contribution in [0.1, 0.15) is 44.5 Å². The molecule has 0 unspecified atom stereocenters. The third-order valence-corrected chi connectivity index (χ3v) is 5.44. The fraction of sp³-hybridized carbons (Fsp3) is 0.269. The fourth-order valence-corrected chi connectivity index (χ4v) is 3.83. The highest BCUT2D eigenvalue weighted by atomic mass is 14.8. The Morgan fingerprint density at radius 1 is 0.828 bits per heavy atom. The largest absolute Gasteiger partial charge is 0.254 e. The summed E-state index contributed by atoms with van der Waals surface area (Å²) < 4.78 is 0. The van der Waals surface area contributed by atoms with Crippen LogP contribution in [0.3, 0.4) is 0 Å².